The van der Waals surface area contributed by atoms with Gasteiger partial charge in [-0.2, -0.15) is 13.2 Å². The molecule has 1 aromatic heterocycles. The van der Waals surface area contributed by atoms with Crippen LogP contribution in [-0.4, -0.2) is 9.55 Å². The number of hydrogen-bond acceptors (Lipinski definition) is 1. The maximum Gasteiger partial charge on any atom is 0.416 e. The molecule has 0 bridgehead atoms. The Kier molecular flexibility index (Phi) is 7.77. The molecule has 0 spiro atoms. The van der Waals surface area contributed by atoms with Crippen molar-refractivity contribution in [1.29, 1.82) is 0 Å². The Morgan fingerprint density at radius 2 is 1.74 bits per heavy atom. The van der Waals surface area contributed by atoms with Gasteiger partial charge in [-0.3, -0.25) is 4.57 Å². The highest BCUT2D eigenvalue weighted by Crippen LogP contribution is 2.47. The summed E-state index contributed by atoms with van der Waals surface area (Å²) in [5, 5.41) is 0.0177. The lowest BCUT2D eigenvalue weighted by Crippen LogP contribution is -2.21. The Labute approximate surface area is 169 Å². The molecule has 1 N–H and O–H groups in total. The molecule has 1 unspecified atom stereocenters. The molecular formula is C20H28ClF3N2S. The van der Waals surface area contributed by atoms with E-state index in [1.165, 1.54) is 0 Å². The van der Waals surface area contributed by atoms with Crippen LogP contribution >= 0.6 is 23.8 Å². The predicted octanol–water partition coefficient (Wildman–Crippen LogP) is 8.33. The molecule has 1 atom stereocenters. The van der Waals surface area contributed by atoms with Crippen LogP contribution in [0.15, 0.2) is 18.2 Å². The average molecular weight is 421 g/mol. The molecule has 2 aromatic rings. The van der Waals surface area contributed by atoms with Gasteiger partial charge in [0, 0.05) is 11.1 Å². The molecule has 27 heavy (non-hydrogen) atoms. The number of fused-ring (bicyclic) bond motifs is 1. The molecule has 0 amide bonds. The number of hydrogen-bond donors (Lipinski definition) is 1. The van der Waals surface area contributed by atoms with Gasteiger partial charge in [-0.15, -0.1) is 0 Å². The van der Waals surface area contributed by atoms with Crippen LogP contribution in [0.25, 0.3) is 16.7 Å². The summed E-state index contributed by atoms with van der Waals surface area (Å²) in [7, 11) is 0. The number of aromatic nitrogens is 2. The molecule has 0 saturated carbocycles. The lowest BCUT2D eigenvalue weighted by atomic mass is 9.81. The number of nitrogens with zero attached hydrogens (tertiary/aromatic N) is 1. The van der Waals surface area contributed by atoms with Crippen LogP contribution < -0.4 is 0 Å². The Balaban J connectivity index is 0.000000855. The minimum absolute atomic E-state index is 0.0177. The minimum Gasteiger partial charge on any atom is -0.329 e. The predicted molar refractivity (Wildman–Crippen MR) is 112 cm³/mol. The maximum absolute atomic E-state index is 13.1. The highest BCUT2D eigenvalue weighted by atomic mass is 35.5. The van der Waals surface area contributed by atoms with Crippen molar-refractivity contribution in [3.63, 3.8) is 0 Å². The van der Waals surface area contributed by atoms with Crippen LogP contribution in [0.5, 0.6) is 0 Å². The van der Waals surface area contributed by atoms with Gasteiger partial charge in [-0.1, -0.05) is 66.1 Å². The van der Waals surface area contributed by atoms with E-state index in [2.05, 4.69) is 25.8 Å². The third kappa shape index (κ3) is 4.43. The third-order valence-corrected chi connectivity index (χ3v) is 5.45. The van der Waals surface area contributed by atoms with E-state index in [1.54, 1.807) is 4.57 Å². The van der Waals surface area contributed by atoms with E-state index in [0.717, 1.165) is 24.3 Å². The molecule has 2 nitrogen and oxygen atoms in total. The van der Waals surface area contributed by atoms with Gasteiger partial charge in [-0.25, -0.2) is 0 Å². The molecule has 1 aliphatic carbocycles. The summed E-state index contributed by atoms with van der Waals surface area (Å²) in [6.45, 7) is 14.3. The number of nitrogens with one attached hydrogen (secondary N) is 1. The van der Waals surface area contributed by atoms with Crippen LogP contribution in [-0.2, 0) is 6.18 Å². The van der Waals surface area contributed by atoms with Gasteiger partial charge < -0.3 is 4.98 Å². The van der Waals surface area contributed by atoms with Gasteiger partial charge in [0.05, 0.1) is 21.6 Å². The van der Waals surface area contributed by atoms with Crippen LogP contribution in [0.4, 0.5) is 13.2 Å². The van der Waals surface area contributed by atoms with E-state index in [1.807, 2.05) is 33.8 Å². The molecule has 7 heteroatoms. The van der Waals surface area contributed by atoms with Gasteiger partial charge in [0.1, 0.15) is 0 Å². The summed E-state index contributed by atoms with van der Waals surface area (Å²) in [4.78, 5) is 2.94. The molecular weight excluding hydrogens is 393 g/mol. The fraction of sp³-hybridized carbons (Fsp3) is 0.550. The molecule has 0 radical (unpaired) electrons. The van der Waals surface area contributed by atoms with Gasteiger partial charge in [0.25, 0.3) is 0 Å². The molecule has 0 saturated heterocycles. The molecule has 0 fully saturated rings. The number of alkyl halides is 3. The molecule has 1 heterocycles. The zero-order valence-corrected chi connectivity index (χ0v) is 18.5. The monoisotopic (exact) mass is 420 g/mol. The second kappa shape index (κ2) is 8.82. The Hall–Kier alpha value is -1.27. The summed E-state index contributed by atoms with van der Waals surface area (Å²) < 4.78 is 41.4. The van der Waals surface area contributed by atoms with Gasteiger partial charge in [0.2, 0.25) is 0 Å². The first-order valence-electron chi connectivity index (χ1n) is 9.26. The summed E-state index contributed by atoms with van der Waals surface area (Å²) in [5.41, 5.74) is 0.747. The van der Waals surface area contributed by atoms with Crippen LogP contribution in [0.2, 0.25) is 5.02 Å². The van der Waals surface area contributed by atoms with Crippen molar-refractivity contribution in [3.8, 4) is 0 Å². The van der Waals surface area contributed by atoms with Crippen molar-refractivity contribution >= 4 is 40.5 Å². The van der Waals surface area contributed by atoms with Crippen LogP contribution in [0.3, 0.4) is 0 Å². The lowest BCUT2D eigenvalue weighted by molar-refractivity contribution is -0.137. The molecule has 1 aliphatic rings. The largest absolute Gasteiger partial charge is 0.416 e. The number of halogens is 4. The zero-order valence-electron chi connectivity index (χ0n) is 16.9. The van der Waals surface area contributed by atoms with E-state index in [9.17, 15) is 13.2 Å². The lowest BCUT2D eigenvalue weighted by Gasteiger charge is -2.29. The van der Waals surface area contributed by atoms with E-state index in [0.29, 0.717) is 21.7 Å². The zero-order chi connectivity index (χ0) is 21.2. The normalized spacial score (nSPS) is 18.3. The summed E-state index contributed by atoms with van der Waals surface area (Å²) in [6, 6.07) is 2.03. The Morgan fingerprint density at radius 3 is 2.19 bits per heavy atom. The van der Waals surface area contributed by atoms with Gasteiger partial charge in [0.15, 0.2) is 4.77 Å². The van der Waals surface area contributed by atoms with Gasteiger partial charge >= 0.3 is 6.18 Å². The number of H-pyrrole nitrogens is 1. The van der Waals surface area contributed by atoms with Crippen molar-refractivity contribution in [3.05, 3.63) is 33.6 Å². The van der Waals surface area contributed by atoms with Gasteiger partial charge in [-0.05, 0) is 36.7 Å². The number of benzene rings is 1. The Morgan fingerprint density at radius 1 is 1.19 bits per heavy atom. The smallest absolute Gasteiger partial charge is 0.329 e. The van der Waals surface area contributed by atoms with Crippen molar-refractivity contribution in [2.45, 2.75) is 61.1 Å². The minimum atomic E-state index is -4.46. The van der Waals surface area contributed by atoms with Crippen molar-refractivity contribution in [1.82, 2.24) is 9.55 Å². The molecule has 152 valence electrons. The fourth-order valence-corrected chi connectivity index (χ4v) is 3.61. The van der Waals surface area contributed by atoms with E-state index in [4.69, 9.17) is 23.8 Å². The number of allylic oxidation sites excluding steroid dienone is 2. The average Bonchev–Trinajstić information content (AvgIpc) is 3.07. The first-order valence-corrected chi connectivity index (χ1v) is 10.0. The SMILES string of the molecule is CC.CC.CC1CC=C(n2c(=S)[nH]c3c(Cl)cc(C(F)(F)F)cc32)C1(C)C. The first-order chi connectivity index (χ1) is 12.5. The van der Waals surface area contributed by atoms with E-state index in [-0.39, 0.29) is 10.4 Å². The molecule has 1 aromatic carbocycles. The fourth-order valence-electron chi connectivity index (χ4n) is 3.05. The quantitative estimate of drug-likeness (QED) is 0.460. The van der Waals surface area contributed by atoms with Crippen molar-refractivity contribution in [2.75, 3.05) is 0 Å². The topological polar surface area (TPSA) is 20.7 Å². The second-order valence-corrected chi connectivity index (χ2v) is 7.36. The van der Waals surface area contributed by atoms with E-state index < -0.39 is 11.7 Å². The highest BCUT2D eigenvalue weighted by Gasteiger charge is 2.37. The highest BCUT2D eigenvalue weighted by molar-refractivity contribution is 7.71. The van der Waals surface area contributed by atoms with Crippen LogP contribution in [0, 0.1) is 16.1 Å². The van der Waals surface area contributed by atoms with Crippen LogP contribution in [0.1, 0.15) is 60.5 Å². The first kappa shape index (κ1) is 23.8. The molecule has 0 aliphatic heterocycles. The summed E-state index contributed by atoms with van der Waals surface area (Å²) in [6.07, 6.45) is -1.55. The second-order valence-electron chi connectivity index (χ2n) is 6.56. The van der Waals surface area contributed by atoms with Crippen molar-refractivity contribution < 1.29 is 13.2 Å². The number of imidazole rings is 1. The number of rotatable bonds is 1. The maximum atomic E-state index is 13.1. The summed E-state index contributed by atoms with van der Waals surface area (Å²) in [5.74, 6) is 0.380. The number of aromatic amines is 1. The standard InChI is InChI=1S/C16H16ClF3N2S.2C2H6/c1-8-4-5-12(15(8,2)3)22-11-7-9(16(18,19)20)6-10(17)13(11)21-14(22)23;2*1-2/h5-8H,4H2,1-3H3,(H,21,23);2*1-2H3. The Bertz CT molecular complexity index is 876. The third-order valence-electron chi connectivity index (χ3n) is 4.87. The molecule has 3 rings (SSSR count). The van der Waals surface area contributed by atoms with Crippen molar-refractivity contribution in [2.24, 2.45) is 11.3 Å². The van der Waals surface area contributed by atoms with E-state index >= 15 is 0 Å². The summed E-state index contributed by atoms with van der Waals surface area (Å²) >= 11 is 11.4.